The zero-order valence-electron chi connectivity index (χ0n) is 14.9. The lowest BCUT2D eigenvalue weighted by Gasteiger charge is -2.31. The van der Waals surface area contributed by atoms with Crippen molar-refractivity contribution in [1.82, 2.24) is 10.2 Å². The summed E-state index contributed by atoms with van der Waals surface area (Å²) in [4.78, 5) is 25.0. The highest BCUT2D eigenvalue weighted by Crippen LogP contribution is 2.30. The number of benzene rings is 1. The third kappa shape index (κ3) is 5.27. The molecule has 0 spiro atoms. The smallest absolute Gasteiger partial charge is 0.317 e. The Hall–Kier alpha value is -2.44. The topological polar surface area (TPSA) is 93.9 Å². The van der Waals surface area contributed by atoms with Crippen molar-refractivity contribution in [1.29, 1.82) is 0 Å². The van der Waals surface area contributed by atoms with E-state index < -0.39 is 0 Å². The molecule has 1 heterocycles. The van der Waals surface area contributed by atoms with Crippen LogP contribution in [0.4, 0.5) is 4.79 Å². The number of methoxy groups -OCH3 is 2. The molecule has 0 aliphatic carbocycles. The number of para-hydroxylation sites is 1. The number of piperidine rings is 1. The first kappa shape index (κ1) is 18.9. The van der Waals surface area contributed by atoms with Gasteiger partial charge in [-0.05, 0) is 36.8 Å². The van der Waals surface area contributed by atoms with Crippen LogP contribution in [0, 0.1) is 5.92 Å². The minimum absolute atomic E-state index is 0.0700. The van der Waals surface area contributed by atoms with Crippen molar-refractivity contribution in [3.8, 4) is 11.5 Å². The van der Waals surface area contributed by atoms with E-state index in [-0.39, 0.29) is 11.9 Å². The van der Waals surface area contributed by atoms with Crippen LogP contribution >= 0.6 is 0 Å². The fourth-order valence-corrected chi connectivity index (χ4v) is 3.19. The normalized spacial score (nSPS) is 14.9. The van der Waals surface area contributed by atoms with Crippen molar-refractivity contribution in [2.75, 3.05) is 33.9 Å². The second-order valence-electron chi connectivity index (χ2n) is 6.24. The number of urea groups is 1. The Morgan fingerprint density at radius 3 is 2.56 bits per heavy atom. The highest BCUT2D eigenvalue weighted by atomic mass is 16.5. The second kappa shape index (κ2) is 9.15. The maximum absolute atomic E-state index is 12.3. The lowest BCUT2D eigenvalue weighted by molar-refractivity contribution is -0.119. The molecule has 138 valence electrons. The molecule has 3 amide bonds. The minimum atomic E-state index is -0.268. The summed E-state index contributed by atoms with van der Waals surface area (Å²) in [5, 5.41) is 2.94. The number of primary amides is 1. The van der Waals surface area contributed by atoms with Crippen molar-refractivity contribution in [2.45, 2.75) is 25.7 Å². The number of carbonyl (C=O) groups is 2. The zero-order valence-corrected chi connectivity index (χ0v) is 14.9. The van der Waals surface area contributed by atoms with Gasteiger partial charge in [-0.3, -0.25) is 4.79 Å². The number of rotatable bonds is 7. The molecule has 0 radical (unpaired) electrons. The van der Waals surface area contributed by atoms with Crippen molar-refractivity contribution >= 4 is 11.9 Å². The summed E-state index contributed by atoms with van der Waals surface area (Å²) < 4.78 is 10.7. The predicted octanol–water partition coefficient (Wildman–Crippen LogP) is 1.54. The van der Waals surface area contributed by atoms with Crippen LogP contribution in [0.2, 0.25) is 0 Å². The highest BCUT2D eigenvalue weighted by molar-refractivity contribution is 5.75. The van der Waals surface area contributed by atoms with E-state index in [1.165, 1.54) is 0 Å². The number of carbonyl (C=O) groups excluding carboxylic acids is 2. The number of amides is 3. The average molecular weight is 349 g/mol. The standard InChI is InChI=1S/C18H27N3O4/c1-24-15-5-3-4-14(17(15)25-2)6-9-20-18(23)21-10-7-13(8-11-21)12-16(19)22/h3-5,13H,6-12H2,1-2H3,(H2,19,22)(H,20,23). The fourth-order valence-electron chi connectivity index (χ4n) is 3.19. The molecule has 3 N–H and O–H groups in total. The number of hydrogen-bond acceptors (Lipinski definition) is 4. The molecule has 25 heavy (non-hydrogen) atoms. The van der Waals surface area contributed by atoms with Crippen LogP contribution in [0.5, 0.6) is 11.5 Å². The highest BCUT2D eigenvalue weighted by Gasteiger charge is 2.23. The van der Waals surface area contributed by atoms with Crippen LogP contribution < -0.4 is 20.5 Å². The summed E-state index contributed by atoms with van der Waals surface area (Å²) in [7, 11) is 3.21. The van der Waals surface area contributed by atoms with E-state index in [2.05, 4.69) is 5.32 Å². The Balaban J connectivity index is 1.79. The Morgan fingerprint density at radius 1 is 1.24 bits per heavy atom. The van der Waals surface area contributed by atoms with Crippen molar-refractivity contribution in [2.24, 2.45) is 11.7 Å². The number of hydrogen-bond donors (Lipinski definition) is 2. The van der Waals surface area contributed by atoms with Crippen molar-refractivity contribution < 1.29 is 19.1 Å². The molecule has 0 unspecified atom stereocenters. The monoisotopic (exact) mass is 349 g/mol. The average Bonchev–Trinajstić information content (AvgIpc) is 2.61. The largest absolute Gasteiger partial charge is 0.493 e. The van der Waals surface area contributed by atoms with E-state index in [4.69, 9.17) is 15.2 Å². The van der Waals surface area contributed by atoms with Crippen LogP contribution in [0.25, 0.3) is 0 Å². The van der Waals surface area contributed by atoms with Gasteiger partial charge in [0.1, 0.15) is 0 Å². The number of ether oxygens (including phenoxy) is 2. The van der Waals surface area contributed by atoms with Gasteiger partial charge in [0.2, 0.25) is 5.91 Å². The van der Waals surface area contributed by atoms with Crippen molar-refractivity contribution in [3.63, 3.8) is 0 Å². The maximum Gasteiger partial charge on any atom is 0.317 e. The van der Waals surface area contributed by atoms with E-state index in [9.17, 15) is 9.59 Å². The van der Waals surface area contributed by atoms with Crippen LogP contribution in [0.15, 0.2) is 18.2 Å². The minimum Gasteiger partial charge on any atom is -0.493 e. The summed E-state index contributed by atoms with van der Waals surface area (Å²) in [5.74, 6) is 1.41. The molecule has 1 aliphatic rings. The zero-order chi connectivity index (χ0) is 18.2. The van der Waals surface area contributed by atoms with Gasteiger partial charge in [-0.15, -0.1) is 0 Å². The fraction of sp³-hybridized carbons (Fsp3) is 0.556. The van der Waals surface area contributed by atoms with Gasteiger partial charge >= 0.3 is 6.03 Å². The first-order chi connectivity index (χ1) is 12.0. The molecular weight excluding hydrogens is 322 g/mol. The predicted molar refractivity (Wildman–Crippen MR) is 94.8 cm³/mol. The molecule has 7 heteroatoms. The van der Waals surface area contributed by atoms with Crippen molar-refractivity contribution in [3.05, 3.63) is 23.8 Å². The Morgan fingerprint density at radius 2 is 1.96 bits per heavy atom. The summed E-state index contributed by atoms with van der Waals surface area (Å²) in [5.41, 5.74) is 6.22. The number of nitrogens with two attached hydrogens (primary N) is 1. The SMILES string of the molecule is COc1cccc(CCNC(=O)N2CCC(CC(N)=O)CC2)c1OC. The van der Waals surface area contributed by atoms with Crippen LogP contribution in [0.3, 0.4) is 0 Å². The lowest BCUT2D eigenvalue weighted by Crippen LogP contribution is -2.45. The van der Waals surface area contributed by atoms with Gasteiger partial charge in [0, 0.05) is 26.1 Å². The molecule has 1 aromatic carbocycles. The van der Waals surface area contributed by atoms with Crippen LogP contribution in [-0.2, 0) is 11.2 Å². The van der Waals surface area contributed by atoms with E-state index >= 15 is 0 Å². The molecule has 0 atom stereocenters. The Labute approximate surface area is 148 Å². The van der Waals surface area contributed by atoms with Crippen LogP contribution in [-0.4, -0.2) is 50.7 Å². The molecule has 1 aliphatic heterocycles. The van der Waals surface area contributed by atoms with Gasteiger partial charge in [0.15, 0.2) is 11.5 Å². The molecule has 0 saturated carbocycles. The Bertz CT molecular complexity index is 598. The second-order valence-corrected chi connectivity index (χ2v) is 6.24. The molecule has 0 bridgehead atoms. The van der Waals surface area contributed by atoms with Gasteiger partial charge in [0.05, 0.1) is 14.2 Å². The van der Waals surface area contributed by atoms with Gasteiger partial charge in [0.25, 0.3) is 0 Å². The molecule has 1 fully saturated rings. The quantitative estimate of drug-likeness (QED) is 0.781. The van der Waals surface area contributed by atoms with E-state index in [1.807, 2.05) is 18.2 Å². The summed E-state index contributed by atoms with van der Waals surface area (Å²) in [6.07, 6.45) is 2.70. The molecule has 0 aromatic heterocycles. The summed E-state index contributed by atoms with van der Waals surface area (Å²) in [6, 6.07) is 5.64. The first-order valence-corrected chi connectivity index (χ1v) is 8.56. The maximum atomic E-state index is 12.3. The van der Waals surface area contributed by atoms with Gasteiger partial charge in [-0.25, -0.2) is 4.79 Å². The Kier molecular flexibility index (Phi) is 6.91. The molecule has 1 aromatic rings. The summed E-state index contributed by atoms with van der Waals surface area (Å²) in [6.45, 7) is 1.84. The van der Waals surface area contributed by atoms with Crippen LogP contribution in [0.1, 0.15) is 24.8 Å². The van der Waals surface area contributed by atoms with E-state index in [0.29, 0.717) is 49.9 Å². The van der Waals surface area contributed by atoms with Gasteiger partial charge in [-0.1, -0.05) is 12.1 Å². The van der Waals surface area contributed by atoms with Gasteiger partial charge in [-0.2, -0.15) is 0 Å². The van der Waals surface area contributed by atoms with E-state index in [1.54, 1.807) is 19.1 Å². The number of nitrogens with one attached hydrogen (secondary N) is 1. The molecule has 1 saturated heterocycles. The number of nitrogens with zero attached hydrogens (tertiary/aromatic N) is 1. The summed E-state index contributed by atoms with van der Waals surface area (Å²) >= 11 is 0. The third-order valence-corrected chi connectivity index (χ3v) is 4.55. The number of likely N-dealkylation sites (tertiary alicyclic amines) is 1. The first-order valence-electron chi connectivity index (χ1n) is 8.56. The lowest BCUT2D eigenvalue weighted by atomic mass is 9.93. The van der Waals surface area contributed by atoms with Gasteiger partial charge < -0.3 is 25.4 Å². The van der Waals surface area contributed by atoms with E-state index in [0.717, 1.165) is 18.4 Å². The molecule has 7 nitrogen and oxygen atoms in total. The molecular formula is C18H27N3O4. The molecule has 2 rings (SSSR count). The third-order valence-electron chi connectivity index (χ3n) is 4.55.